The van der Waals surface area contributed by atoms with Crippen molar-refractivity contribution in [1.29, 1.82) is 0 Å². The number of sulfonamides is 1. The molecule has 0 spiro atoms. The monoisotopic (exact) mass is 296 g/mol. The minimum atomic E-state index is -3.38. The fraction of sp³-hybridized carbons (Fsp3) is 0.600. The molecule has 2 rings (SSSR count). The van der Waals surface area contributed by atoms with Crippen LogP contribution in [0.1, 0.15) is 37.3 Å². The minimum absolute atomic E-state index is 0.420. The van der Waals surface area contributed by atoms with Gasteiger partial charge in [0.1, 0.15) is 0 Å². The van der Waals surface area contributed by atoms with Gasteiger partial charge in [-0.15, -0.1) is 0 Å². The molecule has 1 aliphatic carbocycles. The highest BCUT2D eigenvalue weighted by atomic mass is 32.2. The number of hydrogen-bond acceptors (Lipinski definition) is 3. The van der Waals surface area contributed by atoms with E-state index in [4.69, 9.17) is 5.73 Å². The molecule has 1 fully saturated rings. The smallest absolute Gasteiger partial charge is 0.243 e. The molecule has 1 saturated carbocycles. The van der Waals surface area contributed by atoms with Crippen LogP contribution in [0.15, 0.2) is 23.1 Å². The zero-order chi connectivity index (χ0) is 14.8. The zero-order valence-electron chi connectivity index (χ0n) is 12.3. The Bertz CT molecular complexity index is 565. The summed E-state index contributed by atoms with van der Waals surface area (Å²) in [4.78, 5) is 0.420. The topological polar surface area (TPSA) is 63.4 Å². The van der Waals surface area contributed by atoms with E-state index in [1.54, 1.807) is 16.4 Å². The summed E-state index contributed by atoms with van der Waals surface area (Å²) in [5, 5.41) is 0. The lowest BCUT2D eigenvalue weighted by atomic mass is 10.1. The van der Waals surface area contributed by atoms with Crippen molar-refractivity contribution in [2.45, 2.75) is 44.6 Å². The molecule has 2 N–H and O–H groups in total. The van der Waals surface area contributed by atoms with Crippen LogP contribution in [0.3, 0.4) is 0 Å². The third kappa shape index (κ3) is 3.40. The molecule has 0 aliphatic heterocycles. The maximum Gasteiger partial charge on any atom is 0.243 e. The standard InChI is InChI=1S/C15H24N2O2S/c1-3-8-17(11-13-4-5-13)20(18,19)15-7-6-14(10-16)9-12(15)2/h6-7,9,13H,3-5,8,10-11,16H2,1-2H3. The van der Waals surface area contributed by atoms with E-state index in [1.807, 2.05) is 19.9 Å². The molecule has 0 radical (unpaired) electrons. The van der Waals surface area contributed by atoms with Gasteiger partial charge in [0.05, 0.1) is 4.90 Å². The van der Waals surface area contributed by atoms with Gasteiger partial charge in [0.25, 0.3) is 0 Å². The maximum absolute atomic E-state index is 12.8. The molecule has 1 aromatic rings. The summed E-state index contributed by atoms with van der Waals surface area (Å²) in [5.41, 5.74) is 7.35. The number of aryl methyl sites for hydroxylation is 1. The molecular formula is C15H24N2O2S. The summed E-state index contributed by atoms with van der Waals surface area (Å²) in [7, 11) is -3.38. The first-order valence-electron chi connectivity index (χ1n) is 7.28. The fourth-order valence-electron chi connectivity index (χ4n) is 2.41. The van der Waals surface area contributed by atoms with Crippen molar-refractivity contribution in [1.82, 2.24) is 4.31 Å². The second-order valence-electron chi connectivity index (χ2n) is 5.61. The fourth-order valence-corrected chi connectivity index (χ4v) is 4.23. The van der Waals surface area contributed by atoms with Gasteiger partial charge in [0, 0.05) is 19.6 Å². The normalized spacial score (nSPS) is 15.8. The van der Waals surface area contributed by atoms with E-state index in [0.717, 1.165) is 30.4 Å². The van der Waals surface area contributed by atoms with E-state index in [9.17, 15) is 8.42 Å². The van der Waals surface area contributed by atoms with Crippen LogP contribution in [0.4, 0.5) is 0 Å². The van der Waals surface area contributed by atoms with Crippen molar-refractivity contribution < 1.29 is 8.42 Å². The van der Waals surface area contributed by atoms with E-state index in [-0.39, 0.29) is 0 Å². The summed E-state index contributed by atoms with van der Waals surface area (Å²) in [6.45, 7) is 5.54. The Morgan fingerprint density at radius 1 is 1.35 bits per heavy atom. The van der Waals surface area contributed by atoms with Crippen LogP contribution in [0.5, 0.6) is 0 Å². The molecule has 112 valence electrons. The van der Waals surface area contributed by atoms with Gasteiger partial charge in [0.2, 0.25) is 10.0 Å². The van der Waals surface area contributed by atoms with Gasteiger partial charge in [-0.2, -0.15) is 4.31 Å². The Balaban J connectivity index is 2.30. The molecule has 0 aromatic heterocycles. The minimum Gasteiger partial charge on any atom is -0.326 e. The molecule has 1 aliphatic rings. The largest absolute Gasteiger partial charge is 0.326 e. The molecule has 4 nitrogen and oxygen atoms in total. The Labute approximate surface area is 122 Å². The van der Waals surface area contributed by atoms with Crippen molar-refractivity contribution >= 4 is 10.0 Å². The van der Waals surface area contributed by atoms with Gasteiger partial charge in [-0.05, 0) is 49.3 Å². The van der Waals surface area contributed by atoms with Gasteiger partial charge in [-0.3, -0.25) is 0 Å². The maximum atomic E-state index is 12.8. The van der Waals surface area contributed by atoms with Crippen LogP contribution in [-0.4, -0.2) is 25.8 Å². The van der Waals surface area contributed by atoms with Crippen LogP contribution < -0.4 is 5.73 Å². The lowest BCUT2D eigenvalue weighted by molar-refractivity contribution is 0.395. The van der Waals surface area contributed by atoms with Gasteiger partial charge in [-0.1, -0.05) is 19.1 Å². The molecule has 20 heavy (non-hydrogen) atoms. The third-order valence-corrected chi connectivity index (χ3v) is 5.75. The molecular weight excluding hydrogens is 272 g/mol. The number of nitrogens with zero attached hydrogens (tertiary/aromatic N) is 1. The number of rotatable bonds is 7. The average molecular weight is 296 g/mol. The summed E-state index contributed by atoms with van der Waals surface area (Å²) in [6.07, 6.45) is 3.15. The Morgan fingerprint density at radius 3 is 2.55 bits per heavy atom. The summed E-state index contributed by atoms with van der Waals surface area (Å²) < 4.78 is 27.2. The zero-order valence-corrected chi connectivity index (χ0v) is 13.1. The molecule has 1 aromatic carbocycles. The molecule has 0 saturated heterocycles. The molecule has 0 atom stereocenters. The highest BCUT2D eigenvalue weighted by Gasteiger charge is 2.31. The first-order valence-corrected chi connectivity index (χ1v) is 8.72. The summed E-state index contributed by atoms with van der Waals surface area (Å²) in [6, 6.07) is 5.37. The highest BCUT2D eigenvalue weighted by Crippen LogP contribution is 2.32. The number of nitrogens with two attached hydrogens (primary N) is 1. The van der Waals surface area contributed by atoms with Crippen LogP contribution in [0.25, 0.3) is 0 Å². The predicted molar refractivity (Wildman–Crippen MR) is 80.8 cm³/mol. The second-order valence-corrected chi connectivity index (χ2v) is 7.52. The van der Waals surface area contributed by atoms with Crippen molar-refractivity contribution in [3.63, 3.8) is 0 Å². The Morgan fingerprint density at radius 2 is 2.05 bits per heavy atom. The van der Waals surface area contributed by atoms with Crippen molar-refractivity contribution in [2.75, 3.05) is 13.1 Å². The van der Waals surface area contributed by atoms with E-state index >= 15 is 0 Å². The molecule has 0 unspecified atom stereocenters. The van der Waals surface area contributed by atoms with Crippen molar-refractivity contribution in [3.05, 3.63) is 29.3 Å². The highest BCUT2D eigenvalue weighted by molar-refractivity contribution is 7.89. The van der Waals surface area contributed by atoms with Gasteiger partial charge >= 0.3 is 0 Å². The van der Waals surface area contributed by atoms with Crippen LogP contribution in [-0.2, 0) is 16.6 Å². The quantitative estimate of drug-likeness (QED) is 0.839. The van der Waals surface area contributed by atoms with E-state index in [1.165, 1.54) is 0 Å². The van der Waals surface area contributed by atoms with Crippen molar-refractivity contribution in [2.24, 2.45) is 11.7 Å². The van der Waals surface area contributed by atoms with Gasteiger partial charge in [-0.25, -0.2) is 8.42 Å². The van der Waals surface area contributed by atoms with E-state index in [2.05, 4.69) is 0 Å². The van der Waals surface area contributed by atoms with Crippen LogP contribution in [0, 0.1) is 12.8 Å². The van der Waals surface area contributed by atoms with Gasteiger partial charge in [0.15, 0.2) is 0 Å². The first kappa shape index (κ1) is 15.5. The summed E-state index contributed by atoms with van der Waals surface area (Å²) in [5.74, 6) is 0.556. The average Bonchev–Trinajstić information content (AvgIpc) is 3.21. The predicted octanol–water partition coefficient (Wildman–Crippen LogP) is 2.26. The van der Waals surface area contributed by atoms with E-state index in [0.29, 0.717) is 30.4 Å². The third-order valence-electron chi connectivity index (χ3n) is 3.72. The first-order chi connectivity index (χ1) is 9.48. The van der Waals surface area contributed by atoms with Gasteiger partial charge < -0.3 is 5.73 Å². The Kier molecular flexibility index (Phi) is 4.83. The lowest BCUT2D eigenvalue weighted by Crippen LogP contribution is -2.34. The van der Waals surface area contributed by atoms with E-state index < -0.39 is 10.0 Å². The van der Waals surface area contributed by atoms with Crippen LogP contribution in [0.2, 0.25) is 0 Å². The molecule has 0 bridgehead atoms. The molecule has 0 amide bonds. The summed E-state index contributed by atoms with van der Waals surface area (Å²) >= 11 is 0. The lowest BCUT2D eigenvalue weighted by Gasteiger charge is -2.22. The Hall–Kier alpha value is -0.910. The molecule has 5 heteroatoms. The van der Waals surface area contributed by atoms with Crippen molar-refractivity contribution in [3.8, 4) is 0 Å². The van der Waals surface area contributed by atoms with Crippen LogP contribution >= 0.6 is 0 Å². The SMILES string of the molecule is CCCN(CC1CC1)S(=O)(=O)c1ccc(CN)cc1C. The number of hydrogen-bond donors (Lipinski definition) is 1. The second kappa shape index (κ2) is 6.24. The number of benzene rings is 1. The molecule has 0 heterocycles.